The minimum Gasteiger partial charge on any atom is -0.375 e. The molecule has 1 heterocycles. The predicted molar refractivity (Wildman–Crippen MR) is 76.4 cm³/mol. The molecular formula is C14H18BrNO2. The van der Waals surface area contributed by atoms with Gasteiger partial charge in [0, 0.05) is 22.3 Å². The van der Waals surface area contributed by atoms with E-state index >= 15 is 0 Å². The third kappa shape index (κ3) is 2.75. The lowest BCUT2D eigenvalue weighted by molar-refractivity contribution is 0.0299. The van der Waals surface area contributed by atoms with Gasteiger partial charge in [-0.3, -0.25) is 4.79 Å². The first-order chi connectivity index (χ1) is 8.65. The molecule has 0 saturated carbocycles. The number of carbonyl (C=O) groups excluding carboxylic acids is 1. The number of hydrogen-bond donors (Lipinski definition) is 0. The number of carbonyl (C=O) groups is 1. The average molecular weight is 312 g/mol. The van der Waals surface area contributed by atoms with Crippen molar-refractivity contribution in [1.29, 1.82) is 0 Å². The van der Waals surface area contributed by atoms with Crippen molar-refractivity contribution in [1.82, 2.24) is 0 Å². The van der Waals surface area contributed by atoms with Crippen molar-refractivity contribution in [2.75, 3.05) is 18.1 Å². The molecule has 0 N–H and O–H groups in total. The monoisotopic (exact) mass is 311 g/mol. The molecule has 1 saturated heterocycles. The van der Waals surface area contributed by atoms with Gasteiger partial charge in [0.25, 0.3) is 0 Å². The first kappa shape index (κ1) is 13.6. The molecule has 0 aromatic heterocycles. The molecule has 1 aromatic rings. The maximum absolute atomic E-state index is 10.8. The third-order valence-corrected chi connectivity index (χ3v) is 4.07. The van der Waals surface area contributed by atoms with E-state index in [1.54, 1.807) is 0 Å². The Balaban J connectivity index is 2.27. The Morgan fingerprint density at radius 3 is 2.94 bits per heavy atom. The lowest BCUT2D eigenvalue weighted by Gasteiger charge is -2.40. The van der Waals surface area contributed by atoms with Crippen LogP contribution < -0.4 is 4.90 Å². The van der Waals surface area contributed by atoms with E-state index in [9.17, 15) is 4.79 Å². The van der Waals surface area contributed by atoms with Crippen LogP contribution in [0.5, 0.6) is 0 Å². The summed E-state index contributed by atoms with van der Waals surface area (Å²) in [5.74, 6) is 0. The largest absolute Gasteiger partial charge is 0.375 e. The summed E-state index contributed by atoms with van der Waals surface area (Å²) in [6.45, 7) is 5.93. The molecule has 3 nitrogen and oxygen atoms in total. The van der Waals surface area contributed by atoms with Crippen LogP contribution in [0.2, 0.25) is 0 Å². The minimum atomic E-state index is 0.248. The van der Waals surface area contributed by atoms with Crippen LogP contribution in [0.1, 0.15) is 30.6 Å². The van der Waals surface area contributed by atoms with E-state index in [0.29, 0.717) is 11.6 Å². The second kappa shape index (κ2) is 5.85. The zero-order valence-corrected chi connectivity index (χ0v) is 12.3. The van der Waals surface area contributed by atoms with Crippen LogP contribution in [-0.2, 0) is 4.74 Å². The number of aldehydes is 1. The van der Waals surface area contributed by atoms with Crippen LogP contribution in [0.3, 0.4) is 0 Å². The summed E-state index contributed by atoms with van der Waals surface area (Å²) >= 11 is 3.44. The van der Waals surface area contributed by atoms with Crippen molar-refractivity contribution in [3.8, 4) is 0 Å². The van der Waals surface area contributed by atoms with Gasteiger partial charge in [-0.05, 0) is 47.5 Å². The number of hydrogen-bond acceptors (Lipinski definition) is 3. The smallest absolute Gasteiger partial charge is 0.151 e. The van der Waals surface area contributed by atoms with Crippen LogP contribution in [0, 0.1) is 0 Å². The van der Waals surface area contributed by atoms with E-state index in [1.807, 2.05) is 18.2 Å². The molecule has 1 aliphatic rings. The molecule has 4 heteroatoms. The van der Waals surface area contributed by atoms with Gasteiger partial charge in [-0.25, -0.2) is 0 Å². The Kier molecular flexibility index (Phi) is 4.40. The van der Waals surface area contributed by atoms with Gasteiger partial charge in [-0.15, -0.1) is 0 Å². The molecule has 0 spiro atoms. The standard InChI is InChI=1S/C14H18BrNO2/c1-3-12-9-18-10(2)7-16(12)13-5-4-11(8-17)14(15)6-13/h4-6,8,10,12H,3,7,9H2,1-2H3. The molecule has 2 unspecified atom stereocenters. The quantitative estimate of drug-likeness (QED) is 0.802. The second-order valence-corrected chi connectivity index (χ2v) is 5.54. The Bertz CT molecular complexity index is 436. The van der Waals surface area contributed by atoms with Gasteiger partial charge in [0.1, 0.15) is 0 Å². The summed E-state index contributed by atoms with van der Waals surface area (Å²) in [5.41, 5.74) is 1.84. The second-order valence-electron chi connectivity index (χ2n) is 4.68. The number of anilines is 1. The van der Waals surface area contributed by atoms with Crippen LogP contribution in [0.15, 0.2) is 22.7 Å². The first-order valence-corrected chi connectivity index (χ1v) is 7.08. The average Bonchev–Trinajstić information content (AvgIpc) is 2.38. The lowest BCUT2D eigenvalue weighted by Crippen LogP contribution is -2.48. The van der Waals surface area contributed by atoms with Crippen molar-refractivity contribution < 1.29 is 9.53 Å². The number of halogens is 1. The number of rotatable bonds is 3. The number of nitrogens with zero attached hydrogens (tertiary/aromatic N) is 1. The summed E-state index contributed by atoms with van der Waals surface area (Å²) in [4.78, 5) is 13.2. The fourth-order valence-electron chi connectivity index (χ4n) is 2.29. The zero-order valence-electron chi connectivity index (χ0n) is 10.7. The van der Waals surface area contributed by atoms with Crippen LogP contribution in [0.4, 0.5) is 5.69 Å². The highest BCUT2D eigenvalue weighted by atomic mass is 79.9. The van der Waals surface area contributed by atoms with Crippen molar-refractivity contribution >= 4 is 27.9 Å². The first-order valence-electron chi connectivity index (χ1n) is 6.28. The Morgan fingerprint density at radius 2 is 2.33 bits per heavy atom. The molecule has 0 amide bonds. The summed E-state index contributed by atoms with van der Waals surface area (Å²) in [5, 5.41) is 0. The number of ether oxygens (including phenoxy) is 1. The highest BCUT2D eigenvalue weighted by Crippen LogP contribution is 2.27. The van der Waals surface area contributed by atoms with Gasteiger partial charge in [0.15, 0.2) is 6.29 Å². The van der Waals surface area contributed by atoms with Crippen LogP contribution in [0.25, 0.3) is 0 Å². The molecule has 1 fully saturated rings. The summed E-state index contributed by atoms with van der Waals surface area (Å²) in [6.07, 6.45) is 2.17. The summed E-state index contributed by atoms with van der Waals surface area (Å²) in [6, 6.07) is 6.30. The predicted octanol–water partition coefficient (Wildman–Crippen LogP) is 3.27. The van der Waals surface area contributed by atoms with E-state index in [-0.39, 0.29) is 6.10 Å². The van der Waals surface area contributed by atoms with Crippen molar-refractivity contribution in [2.24, 2.45) is 0 Å². The molecule has 2 atom stereocenters. The van der Waals surface area contributed by atoms with Gasteiger partial charge < -0.3 is 9.64 Å². The van der Waals surface area contributed by atoms with Crippen LogP contribution in [-0.4, -0.2) is 31.6 Å². The molecule has 18 heavy (non-hydrogen) atoms. The fourth-order valence-corrected chi connectivity index (χ4v) is 2.75. The Hall–Kier alpha value is -0.870. The maximum atomic E-state index is 10.8. The van der Waals surface area contributed by atoms with Gasteiger partial charge in [-0.2, -0.15) is 0 Å². The van der Waals surface area contributed by atoms with Crippen molar-refractivity contribution in [2.45, 2.75) is 32.4 Å². The van der Waals surface area contributed by atoms with Gasteiger partial charge >= 0.3 is 0 Å². The summed E-state index contributed by atoms with van der Waals surface area (Å²) in [7, 11) is 0. The van der Waals surface area contributed by atoms with Crippen molar-refractivity contribution in [3.05, 3.63) is 28.2 Å². The van der Waals surface area contributed by atoms with Gasteiger partial charge in [0.2, 0.25) is 0 Å². The highest BCUT2D eigenvalue weighted by Gasteiger charge is 2.25. The van der Waals surface area contributed by atoms with Crippen LogP contribution >= 0.6 is 15.9 Å². The molecular weight excluding hydrogens is 294 g/mol. The molecule has 1 aliphatic heterocycles. The highest BCUT2D eigenvalue weighted by molar-refractivity contribution is 9.10. The van der Waals surface area contributed by atoms with E-state index < -0.39 is 0 Å². The van der Waals surface area contributed by atoms with E-state index in [2.05, 4.69) is 34.7 Å². The van der Waals surface area contributed by atoms with E-state index in [4.69, 9.17) is 4.74 Å². The Labute approximate surface area is 116 Å². The Morgan fingerprint density at radius 1 is 1.56 bits per heavy atom. The number of morpholine rings is 1. The van der Waals surface area contributed by atoms with Crippen molar-refractivity contribution in [3.63, 3.8) is 0 Å². The van der Waals surface area contributed by atoms with Gasteiger partial charge in [0.05, 0.1) is 18.8 Å². The molecule has 98 valence electrons. The molecule has 0 radical (unpaired) electrons. The van der Waals surface area contributed by atoms with Gasteiger partial charge in [-0.1, -0.05) is 6.92 Å². The van der Waals surface area contributed by atoms with E-state index in [0.717, 1.165) is 36.0 Å². The molecule has 0 bridgehead atoms. The van der Waals surface area contributed by atoms with E-state index in [1.165, 1.54) is 0 Å². The minimum absolute atomic E-state index is 0.248. The molecule has 1 aromatic carbocycles. The lowest BCUT2D eigenvalue weighted by atomic mass is 10.1. The SMILES string of the molecule is CCC1COC(C)CN1c1ccc(C=O)c(Br)c1. The maximum Gasteiger partial charge on any atom is 0.151 e. The third-order valence-electron chi connectivity index (χ3n) is 3.38. The zero-order chi connectivity index (χ0) is 13.1. The topological polar surface area (TPSA) is 29.5 Å². The fraction of sp³-hybridized carbons (Fsp3) is 0.500. The molecule has 2 rings (SSSR count). The molecule has 0 aliphatic carbocycles. The normalized spacial score (nSPS) is 24.1. The number of benzene rings is 1. The summed E-state index contributed by atoms with van der Waals surface area (Å²) < 4.78 is 6.55.